The van der Waals surface area contributed by atoms with Gasteiger partial charge >= 0.3 is 0 Å². The number of fused-ring (bicyclic) bond motifs is 1. The molecule has 0 N–H and O–H groups in total. The summed E-state index contributed by atoms with van der Waals surface area (Å²) in [5.74, 6) is 0.339. The van der Waals surface area contributed by atoms with Crippen molar-refractivity contribution in [1.29, 1.82) is 0 Å². The van der Waals surface area contributed by atoms with Crippen LogP contribution < -0.4 is 0 Å². The summed E-state index contributed by atoms with van der Waals surface area (Å²) >= 11 is 1.46. The Balaban J connectivity index is 1.64. The average Bonchev–Trinajstić information content (AvgIpc) is 3.25. The van der Waals surface area contributed by atoms with Crippen molar-refractivity contribution in [2.24, 2.45) is 0 Å². The van der Waals surface area contributed by atoms with Crippen molar-refractivity contribution in [3.05, 3.63) is 52.9 Å². The highest BCUT2D eigenvalue weighted by atomic mass is 32.1. The molecule has 0 radical (unpaired) electrons. The number of likely N-dealkylation sites (tertiary alicyclic amines) is 1. The Morgan fingerprint density at radius 1 is 1.31 bits per heavy atom. The highest BCUT2D eigenvalue weighted by Gasteiger charge is 2.32. The Kier molecular flexibility index (Phi) is 4.65. The molecule has 7 heteroatoms. The zero-order valence-corrected chi connectivity index (χ0v) is 15.7. The Hall–Kier alpha value is -2.38. The summed E-state index contributed by atoms with van der Waals surface area (Å²) in [6.45, 7) is 2.81. The summed E-state index contributed by atoms with van der Waals surface area (Å²) in [6.07, 6.45) is 8.14. The van der Waals surface area contributed by atoms with Gasteiger partial charge in [0.25, 0.3) is 5.91 Å². The summed E-state index contributed by atoms with van der Waals surface area (Å²) in [4.78, 5) is 31.6. The Morgan fingerprint density at radius 3 is 2.92 bits per heavy atom. The topological polar surface area (TPSA) is 62.2 Å². The van der Waals surface area contributed by atoms with Gasteiger partial charge in [-0.3, -0.25) is 19.7 Å². The smallest absolute Gasteiger partial charge is 0.263 e. The fourth-order valence-corrected chi connectivity index (χ4v) is 4.76. The van der Waals surface area contributed by atoms with Gasteiger partial charge < -0.3 is 4.90 Å². The van der Waals surface area contributed by atoms with E-state index in [4.69, 9.17) is 0 Å². The van der Waals surface area contributed by atoms with E-state index in [0.717, 1.165) is 46.8 Å². The van der Waals surface area contributed by atoms with Crippen molar-refractivity contribution in [2.45, 2.75) is 18.9 Å². The number of rotatable bonds is 4. The largest absolute Gasteiger partial charge is 0.344 e. The molecule has 0 bridgehead atoms. The van der Waals surface area contributed by atoms with E-state index in [1.54, 1.807) is 37.6 Å². The lowest BCUT2D eigenvalue weighted by Crippen LogP contribution is -2.23. The third-order valence-corrected chi connectivity index (χ3v) is 5.86. The van der Waals surface area contributed by atoms with Gasteiger partial charge in [-0.1, -0.05) is 6.07 Å². The van der Waals surface area contributed by atoms with Crippen LogP contribution in [0.15, 0.2) is 36.9 Å². The molecule has 3 aromatic rings. The summed E-state index contributed by atoms with van der Waals surface area (Å²) in [5, 5.41) is 0. The van der Waals surface area contributed by atoms with Crippen LogP contribution in [0.2, 0.25) is 0 Å². The molecule has 6 nitrogen and oxygen atoms in total. The van der Waals surface area contributed by atoms with Gasteiger partial charge in [-0.2, -0.15) is 0 Å². The molecule has 1 fully saturated rings. The summed E-state index contributed by atoms with van der Waals surface area (Å²) in [5.41, 5.74) is 3.18. The lowest BCUT2D eigenvalue weighted by Gasteiger charge is -2.17. The maximum absolute atomic E-state index is 12.7. The molecule has 0 spiro atoms. The molecule has 1 atom stereocenters. The van der Waals surface area contributed by atoms with Crippen molar-refractivity contribution in [3.63, 3.8) is 0 Å². The van der Waals surface area contributed by atoms with E-state index in [0.29, 0.717) is 5.92 Å². The summed E-state index contributed by atoms with van der Waals surface area (Å²) in [7, 11) is 3.58. The first-order chi connectivity index (χ1) is 12.6. The van der Waals surface area contributed by atoms with E-state index in [1.807, 2.05) is 12.3 Å². The standard InChI is InChI=1S/C19H21N5OS/c1-23(2)19(25)17-15(16-18(26-17)22-8-7-21-16)14-5-9-24(12-14)11-13-4-3-6-20-10-13/h3-4,6-8,10,14H,5,9,11-12H2,1-2H3/t14-/m1/s1. The molecule has 1 amide bonds. The summed E-state index contributed by atoms with van der Waals surface area (Å²) in [6, 6.07) is 4.07. The van der Waals surface area contributed by atoms with Crippen LogP contribution >= 0.6 is 11.3 Å². The molecule has 3 aromatic heterocycles. The highest BCUT2D eigenvalue weighted by molar-refractivity contribution is 7.20. The van der Waals surface area contributed by atoms with Crippen molar-refractivity contribution in [1.82, 2.24) is 24.8 Å². The van der Waals surface area contributed by atoms with Gasteiger partial charge in [0.2, 0.25) is 0 Å². The second kappa shape index (κ2) is 7.09. The molecule has 0 aromatic carbocycles. The van der Waals surface area contributed by atoms with Gasteiger partial charge in [-0.25, -0.2) is 4.98 Å². The number of carbonyl (C=O) groups excluding carboxylic acids is 1. The molecule has 0 saturated carbocycles. The van der Waals surface area contributed by atoms with Crippen LogP contribution in [0.1, 0.15) is 33.1 Å². The maximum Gasteiger partial charge on any atom is 0.263 e. The van der Waals surface area contributed by atoms with Crippen LogP contribution in [0.3, 0.4) is 0 Å². The highest BCUT2D eigenvalue weighted by Crippen LogP contribution is 2.39. The predicted octanol–water partition coefficient (Wildman–Crippen LogP) is 2.78. The number of pyridine rings is 1. The minimum Gasteiger partial charge on any atom is -0.344 e. The van der Waals surface area contributed by atoms with Crippen LogP contribution in [-0.4, -0.2) is 57.8 Å². The third kappa shape index (κ3) is 3.20. The van der Waals surface area contributed by atoms with E-state index < -0.39 is 0 Å². The number of hydrogen-bond acceptors (Lipinski definition) is 6. The molecule has 4 heterocycles. The normalized spacial score (nSPS) is 17.7. The first-order valence-electron chi connectivity index (χ1n) is 8.70. The van der Waals surface area contributed by atoms with E-state index in [9.17, 15) is 4.79 Å². The van der Waals surface area contributed by atoms with Crippen molar-refractivity contribution in [3.8, 4) is 0 Å². The predicted molar refractivity (Wildman–Crippen MR) is 102 cm³/mol. The fourth-order valence-electron chi connectivity index (χ4n) is 3.55. The van der Waals surface area contributed by atoms with Crippen LogP contribution in [0.5, 0.6) is 0 Å². The lowest BCUT2D eigenvalue weighted by atomic mass is 9.97. The molecule has 1 aliphatic heterocycles. The summed E-state index contributed by atoms with van der Waals surface area (Å²) < 4.78 is 0. The number of hydrogen-bond donors (Lipinski definition) is 0. The van der Waals surface area contributed by atoms with E-state index in [2.05, 4.69) is 25.9 Å². The average molecular weight is 367 g/mol. The van der Waals surface area contributed by atoms with Gasteiger partial charge in [0.15, 0.2) is 0 Å². The second-order valence-electron chi connectivity index (χ2n) is 6.84. The minimum atomic E-state index is 0.0375. The van der Waals surface area contributed by atoms with E-state index in [-0.39, 0.29) is 5.91 Å². The second-order valence-corrected chi connectivity index (χ2v) is 7.84. The number of carbonyl (C=O) groups is 1. The fraction of sp³-hybridized carbons (Fsp3) is 0.368. The molecule has 134 valence electrons. The molecule has 1 saturated heterocycles. The molecular formula is C19H21N5OS. The van der Waals surface area contributed by atoms with Gasteiger partial charge in [-0.15, -0.1) is 11.3 Å². The molecule has 4 rings (SSSR count). The van der Waals surface area contributed by atoms with Crippen molar-refractivity contribution < 1.29 is 4.79 Å². The molecule has 1 aliphatic rings. The zero-order chi connectivity index (χ0) is 18.1. The number of thiophene rings is 1. The zero-order valence-electron chi connectivity index (χ0n) is 14.9. The van der Waals surface area contributed by atoms with Crippen LogP contribution in [0.4, 0.5) is 0 Å². The Bertz CT molecular complexity index is 924. The lowest BCUT2D eigenvalue weighted by molar-refractivity contribution is 0.0831. The molecule has 26 heavy (non-hydrogen) atoms. The monoisotopic (exact) mass is 367 g/mol. The number of aromatic nitrogens is 3. The van der Waals surface area contributed by atoms with Gasteiger partial charge in [0.05, 0.1) is 4.88 Å². The van der Waals surface area contributed by atoms with Crippen molar-refractivity contribution in [2.75, 3.05) is 27.2 Å². The van der Waals surface area contributed by atoms with Crippen LogP contribution in [0, 0.1) is 0 Å². The molecule has 0 aliphatic carbocycles. The van der Waals surface area contributed by atoms with E-state index in [1.165, 1.54) is 16.9 Å². The van der Waals surface area contributed by atoms with Crippen molar-refractivity contribution >= 4 is 27.6 Å². The van der Waals surface area contributed by atoms with Gasteiger partial charge in [-0.05, 0) is 24.6 Å². The molecular weight excluding hydrogens is 346 g/mol. The quantitative estimate of drug-likeness (QED) is 0.710. The first kappa shape index (κ1) is 17.1. The minimum absolute atomic E-state index is 0.0375. The van der Waals surface area contributed by atoms with E-state index >= 15 is 0 Å². The maximum atomic E-state index is 12.7. The Morgan fingerprint density at radius 2 is 2.15 bits per heavy atom. The van der Waals surface area contributed by atoms with Gasteiger partial charge in [0.1, 0.15) is 10.3 Å². The first-order valence-corrected chi connectivity index (χ1v) is 9.51. The van der Waals surface area contributed by atoms with Crippen LogP contribution in [0.25, 0.3) is 10.3 Å². The molecule has 0 unspecified atom stereocenters. The third-order valence-electron chi connectivity index (χ3n) is 4.77. The van der Waals surface area contributed by atoms with Crippen LogP contribution in [-0.2, 0) is 6.54 Å². The Labute approximate surface area is 156 Å². The SMILES string of the molecule is CN(C)C(=O)c1sc2nccnc2c1[C@@H]1CCN(Cc2cccnc2)C1. The number of amides is 1. The number of nitrogens with zero attached hydrogens (tertiary/aromatic N) is 5. The van der Waals surface area contributed by atoms with Gasteiger partial charge in [0, 0.05) is 63.5 Å².